The van der Waals surface area contributed by atoms with Crippen molar-refractivity contribution < 1.29 is 38.4 Å². The van der Waals surface area contributed by atoms with Gasteiger partial charge in [0.25, 0.3) is 11.6 Å². The van der Waals surface area contributed by atoms with Crippen LogP contribution in [0.2, 0.25) is 0 Å². The lowest BCUT2D eigenvalue weighted by Crippen LogP contribution is -2.35. The van der Waals surface area contributed by atoms with Gasteiger partial charge in [0.2, 0.25) is 0 Å². The van der Waals surface area contributed by atoms with E-state index in [1.54, 1.807) is 31.4 Å². The Labute approximate surface area is 273 Å². The molecule has 1 unspecified atom stereocenters. The van der Waals surface area contributed by atoms with Crippen molar-refractivity contribution in [1.29, 1.82) is 0 Å². The lowest BCUT2D eigenvalue weighted by molar-refractivity contribution is -0.763. The highest BCUT2D eigenvalue weighted by Gasteiger charge is 2.14. The molecular weight excluding hydrogens is 606 g/mol. The molecule has 0 amide bonds. The van der Waals surface area contributed by atoms with Crippen LogP contribution in [0, 0.1) is 10.1 Å². The molecule has 0 saturated heterocycles. The van der Waals surface area contributed by atoms with Crippen molar-refractivity contribution in [3.05, 3.63) is 107 Å². The largest absolute Gasteiger partial charge is 0.497 e. The van der Waals surface area contributed by atoms with Gasteiger partial charge < -0.3 is 38.8 Å². The Balaban J connectivity index is 0.000000335. The highest BCUT2D eigenvalue weighted by molar-refractivity contribution is 6.10. The molecule has 12 heteroatoms. The van der Waals surface area contributed by atoms with E-state index in [0.717, 1.165) is 27.6 Å². The first-order valence-electron chi connectivity index (χ1n) is 15.1. The Kier molecular flexibility index (Phi) is 15.2. The summed E-state index contributed by atoms with van der Waals surface area (Å²) in [7, 11) is 3.14. The first-order chi connectivity index (χ1) is 23.0. The Morgan fingerprint density at radius 2 is 1.55 bits per heavy atom. The van der Waals surface area contributed by atoms with Crippen molar-refractivity contribution in [2.75, 3.05) is 40.5 Å². The molecule has 0 saturated carbocycles. The van der Waals surface area contributed by atoms with Gasteiger partial charge in [0.05, 0.1) is 19.7 Å². The molecule has 0 bridgehead atoms. The quantitative estimate of drug-likeness (QED) is 0.0538. The molecule has 0 fully saturated rings. The third-order valence-electron chi connectivity index (χ3n) is 6.61. The van der Waals surface area contributed by atoms with Crippen LogP contribution in [0.5, 0.6) is 23.0 Å². The van der Waals surface area contributed by atoms with Gasteiger partial charge in [-0.1, -0.05) is 62.4 Å². The number of hydrogen-bond donors (Lipinski definition) is 2. The number of aromatic nitrogens is 1. The van der Waals surface area contributed by atoms with Crippen molar-refractivity contribution in [3.63, 3.8) is 0 Å². The van der Waals surface area contributed by atoms with Crippen LogP contribution in [0.3, 0.4) is 0 Å². The van der Waals surface area contributed by atoms with Crippen LogP contribution in [-0.4, -0.2) is 63.2 Å². The fourth-order valence-corrected chi connectivity index (χ4v) is 4.52. The van der Waals surface area contributed by atoms with Crippen LogP contribution in [0.1, 0.15) is 19.4 Å². The Morgan fingerprint density at radius 3 is 2.30 bits per heavy atom. The van der Waals surface area contributed by atoms with Crippen LogP contribution in [0.4, 0.5) is 0 Å². The molecule has 5 aromatic rings. The van der Waals surface area contributed by atoms with E-state index in [4.69, 9.17) is 23.7 Å². The van der Waals surface area contributed by atoms with E-state index in [-0.39, 0.29) is 13.2 Å². The van der Waals surface area contributed by atoms with Gasteiger partial charge in [-0.15, -0.1) is 10.1 Å². The molecule has 47 heavy (non-hydrogen) atoms. The van der Waals surface area contributed by atoms with Crippen LogP contribution < -0.4 is 24.3 Å². The number of fused-ring (bicyclic) bond motifs is 3. The van der Waals surface area contributed by atoms with E-state index < -0.39 is 11.2 Å². The lowest BCUT2D eigenvalue weighted by Gasteiger charge is -2.17. The summed E-state index contributed by atoms with van der Waals surface area (Å²) in [6.45, 7) is 6.10. The highest BCUT2D eigenvalue weighted by Crippen LogP contribution is 2.33. The minimum atomic E-state index is -0.820. The van der Waals surface area contributed by atoms with Crippen LogP contribution >= 0.6 is 0 Å². The van der Waals surface area contributed by atoms with Crippen LogP contribution in [0.15, 0.2) is 91.0 Å². The van der Waals surface area contributed by atoms with Crippen LogP contribution in [0.25, 0.3) is 21.8 Å². The molecular formula is C35H41N3O9. The Bertz CT molecular complexity index is 1680. The zero-order valence-electron chi connectivity index (χ0n) is 27.0. The second-order valence-corrected chi connectivity index (χ2v) is 9.57. The molecule has 0 spiro atoms. The predicted octanol–water partition coefficient (Wildman–Crippen LogP) is 6.35. The number of ether oxygens (including phenoxy) is 5. The van der Waals surface area contributed by atoms with Crippen LogP contribution in [-0.2, 0) is 21.0 Å². The first kappa shape index (κ1) is 36.0. The van der Waals surface area contributed by atoms with Gasteiger partial charge in [-0.05, 0) is 48.0 Å². The normalized spacial score (nSPS) is 10.8. The van der Waals surface area contributed by atoms with Gasteiger partial charge in [0.15, 0.2) is 11.5 Å². The third-order valence-corrected chi connectivity index (χ3v) is 6.61. The average Bonchev–Trinajstić information content (AvgIpc) is 3.50. The number of carbonyl (C=O) groups is 1. The fourth-order valence-electron chi connectivity index (χ4n) is 4.52. The van der Waals surface area contributed by atoms with Gasteiger partial charge in [-0.2, -0.15) is 0 Å². The second kappa shape index (κ2) is 19.8. The zero-order valence-corrected chi connectivity index (χ0v) is 27.0. The summed E-state index contributed by atoms with van der Waals surface area (Å²) < 4.78 is 27.2. The zero-order chi connectivity index (χ0) is 33.9. The van der Waals surface area contributed by atoms with Gasteiger partial charge in [0, 0.05) is 29.4 Å². The third kappa shape index (κ3) is 11.1. The summed E-state index contributed by atoms with van der Waals surface area (Å²) >= 11 is 0. The molecule has 1 aromatic heterocycles. The summed E-state index contributed by atoms with van der Waals surface area (Å²) in [5, 5.41) is 14.4. The maximum absolute atomic E-state index is 11.0. The van der Waals surface area contributed by atoms with Crippen molar-refractivity contribution in [2.24, 2.45) is 0 Å². The molecule has 0 radical (unpaired) electrons. The molecule has 0 aliphatic heterocycles. The molecule has 5 rings (SSSR count). The van der Waals surface area contributed by atoms with Crippen molar-refractivity contribution in [2.45, 2.75) is 26.6 Å². The lowest BCUT2D eigenvalue weighted by atomic mass is 10.1. The van der Waals surface area contributed by atoms with Gasteiger partial charge >= 0.3 is 0 Å². The van der Waals surface area contributed by atoms with E-state index in [1.165, 1.54) is 7.11 Å². The van der Waals surface area contributed by atoms with E-state index in [9.17, 15) is 14.9 Å². The summed E-state index contributed by atoms with van der Waals surface area (Å²) in [5.41, 5.74) is 2.76. The van der Waals surface area contributed by atoms with E-state index >= 15 is 0 Å². The Hall–Kier alpha value is -5.49. The molecule has 4 aromatic carbocycles. The molecule has 250 valence electrons. The number of aromatic amines is 1. The summed E-state index contributed by atoms with van der Waals surface area (Å²) in [6, 6.07) is 28.4. The number of methoxy groups -OCH3 is 2. The molecule has 1 atom stereocenters. The number of H-pyrrole nitrogens is 1. The predicted molar refractivity (Wildman–Crippen MR) is 180 cm³/mol. The van der Waals surface area contributed by atoms with Gasteiger partial charge in [-0.3, -0.25) is 4.79 Å². The van der Waals surface area contributed by atoms with Crippen molar-refractivity contribution in [1.82, 2.24) is 10.3 Å². The smallest absolute Gasteiger partial charge is 0.294 e. The summed E-state index contributed by atoms with van der Waals surface area (Å²) in [5.74, 6) is 2.78. The maximum Gasteiger partial charge on any atom is 0.294 e. The fraction of sp³-hybridized carbons (Fsp3) is 0.286. The Morgan fingerprint density at radius 1 is 0.851 bits per heavy atom. The number of nitrogens with zero attached hydrogens (tertiary/aromatic N) is 1. The number of nitrogens with one attached hydrogen (secondary N) is 2. The SMILES string of the molecule is CC.COc1cccc(CO[N+](=O)[O-])c1.COc1ccccc1OCCNCC(COc1cccc2[nH]c3ccccc3c12)OC=O. The number of carbonyl (C=O) groups excluding carboxylic acids is 1. The molecule has 0 aliphatic carbocycles. The minimum Gasteiger partial charge on any atom is -0.497 e. The monoisotopic (exact) mass is 647 g/mol. The topological polar surface area (TPSA) is 143 Å². The standard InChI is InChI=1S/C25H26N2O5.C8H9NO4.C2H6/c1-29-22-10-4-5-11-23(22)30-14-13-26-15-18(32-17-28)16-31-24-12-6-9-21-25(24)19-7-2-3-8-20(19)27-21;1-12-8-4-2-3-7(5-8)6-13-9(10)11;1-2/h2-12,17-18,26-27H,13-16H2,1H3;2-5H,6H2,1H3;1-2H3. The number of hydrogen-bond acceptors (Lipinski definition) is 10. The average molecular weight is 648 g/mol. The van der Waals surface area contributed by atoms with E-state index in [2.05, 4.69) is 21.2 Å². The first-order valence-corrected chi connectivity index (χ1v) is 15.1. The second-order valence-electron chi connectivity index (χ2n) is 9.57. The minimum absolute atomic E-state index is 0.0514. The number of benzene rings is 4. The number of rotatable bonds is 16. The van der Waals surface area contributed by atoms with E-state index in [1.807, 2.05) is 74.5 Å². The van der Waals surface area contributed by atoms with Gasteiger partial charge in [-0.25, -0.2) is 0 Å². The van der Waals surface area contributed by atoms with Crippen molar-refractivity contribution >= 4 is 28.3 Å². The number of para-hydroxylation sites is 3. The summed E-state index contributed by atoms with van der Waals surface area (Å²) in [4.78, 5) is 28.4. The van der Waals surface area contributed by atoms with Crippen molar-refractivity contribution in [3.8, 4) is 23.0 Å². The highest BCUT2D eigenvalue weighted by atomic mass is 16.9. The maximum atomic E-state index is 11.0. The van der Waals surface area contributed by atoms with E-state index in [0.29, 0.717) is 49.0 Å². The molecule has 1 heterocycles. The molecule has 12 nitrogen and oxygen atoms in total. The van der Waals surface area contributed by atoms with Gasteiger partial charge in [0.1, 0.15) is 37.4 Å². The molecule has 0 aliphatic rings. The molecule has 2 N–H and O–H groups in total. The summed E-state index contributed by atoms with van der Waals surface area (Å²) in [6.07, 6.45) is -0.431.